The number of aromatic nitrogens is 1. The number of thioether (sulfide) groups is 1. The molecule has 2 heterocycles. The van der Waals surface area contributed by atoms with Gasteiger partial charge in [-0.1, -0.05) is 56.8 Å². The molecule has 0 spiro atoms. The van der Waals surface area contributed by atoms with Crippen LogP contribution in [0.25, 0.3) is 0 Å². The smallest absolute Gasteiger partial charge is 0.337 e. The van der Waals surface area contributed by atoms with Crippen molar-refractivity contribution in [1.82, 2.24) is 9.88 Å². The van der Waals surface area contributed by atoms with Gasteiger partial charge in [0.15, 0.2) is 0 Å². The number of benzene rings is 1. The standard InChI is InChI=1S/C22H22F3N3OS/c1-21(2,3)18-10-17(22(23,24)25)16(11-26)20(27-18)30-13-19(29)28-9-8-14-6-4-5-7-15(14)12-28/h4-7,10H,8-9,12-13H2,1-3H3. The van der Waals surface area contributed by atoms with E-state index in [4.69, 9.17) is 0 Å². The Balaban J connectivity index is 1.84. The highest BCUT2D eigenvalue weighted by Gasteiger charge is 2.37. The Kier molecular flexibility index (Phi) is 6.14. The molecule has 0 N–H and O–H groups in total. The van der Waals surface area contributed by atoms with E-state index in [0.717, 1.165) is 29.8 Å². The van der Waals surface area contributed by atoms with Gasteiger partial charge in [-0.3, -0.25) is 4.79 Å². The highest BCUT2D eigenvalue weighted by Crippen LogP contribution is 2.38. The Morgan fingerprint density at radius 3 is 2.50 bits per heavy atom. The first-order valence-electron chi connectivity index (χ1n) is 9.51. The molecule has 0 unspecified atom stereocenters. The van der Waals surface area contributed by atoms with Crippen LogP contribution >= 0.6 is 11.8 Å². The third-order valence-electron chi connectivity index (χ3n) is 4.99. The molecule has 0 fully saturated rings. The molecule has 1 aromatic heterocycles. The molecule has 8 heteroatoms. The van der Waals surface area contributed by atoms with Crippen molar-refractivity contribution >= 4 is 17.7 Å². The van der Waals surface area contributed by atoms with Gasteiger partial charge in [0.2, 0.25) is 5.91 Å². The predicted octanol–water partition coefficient (Wildman–Crippen LogP) is 4.95. The first-order valence-corrected chi connectivity index (χ1v) is 10.5. The summed E-state index contributed by atoms with van der Waals surface area (Å²) in [5.41, 5.74) is 0.339. The summed E-state index contributed by atoms with van der Waals surface area (Å²) in [5, 5.41) is 9.33. The number of nitriles is 1. The summed E-state index contributed by atoms with van der Waals surface area (Å²) < 4.78 is 40.7. The fourth-order valence-electron chi connectivity index (χ4n) is 3.27. The van der Waals surface area contributed by atoms with Crippen LogP contribution in [-0.4, -0.2) is 28.1 Å². The van der Waals surface area contributed by atoms with Crippen molar-refractivity contribution in [1.29, 1.82) is 5.26 Å². The van der Waals surface area contributed by atoms with Crippen molar-refractivity contribution < 1.29 is 18.0 Å². The van der Waals surface area contributed by atoms with Gasteiger partial charge in [0.25, 0.3) is 0 Å². The molecule has 30 heavy (non-hydrogen) atoms. The van der Waals surface area contributed by atoms with E-state index in [1.807, 2.05) is 24.3 Å². The quantitative estimate of drug-likeness (QED) is 0.643. The molecule has 3 rings (SSSR count). The highest BCUT2D eigenvalue weighted by atomic mass is 32.2. The van der Waals surface area contributed by atoms with Crippen LogP contribution in [0.1, 0.15) is 48.7 Å². The van der Waals surface area contributed by atoms with Gasteiger partial charge in [0.1, 0.15) is 11.1 Å². The molecule has 0 aliphatic carbocycles. The third-order valence-corrected chi connectivity index (χ3v) is 5.95. The lowest BCUT2D eigenvalue weighted by Crippen LogP contribution is -2.37. The fraction of sp³-hybridized carbons (Fsp3) is 0.409. The van der Waals surface area contributed by atoms with E-state index in [1.54, 1.807) is 31.7 Å². The summed E-state index contributed by atoms with van der Waals surface area (Å²) in [6, 6.07) is 10.5. The van der Waals surface area contributed by atoms with Crippen molar-refractivity contribution in [3.63, 3.8) is 0 Å². The third kappa shape index (κ3) is 4.78. The second kappa shape index (κ2) is 8.31. The lowest BCUT2D eigenvalue weighted by atomic mass is 9.90. The number of carbonyl (C=O) groups is 1. The Morgan fingerprint density at radius 1 is 1.23 bits per heavy atom. The molecule has 1 aliphatic rings. The molecule has 4 nitrogen and oxygen atoms in total. The molecule has 0 saturated heterocycles. The van der Waals surface area contributed by atoms with Gasteiger partial charge in [-0.25, -0.2) is 4.98 Å². The molecule has 2 aromatic rings. The van der Waals surface area contributed by atoms with Crippen LogP contribution in [0.5, 0.6) is 0 Å². The number of alkyl halides is 3. The Bertz CT molecular complexity index is 1010. The topological polar surface area (TPSA) is 57.0 Å². The number of hydrogen-bond acceptors (Lipinski definition) is 4. The number of rotatable bonds is 3. The predicted molar refractivity (Wildman–Crippen MR) is 109 cm³/mol. The van der Waals surface area contributed by atoms with Crippen LogP contribution in [0.15, 0.2) is 35.4 Å². The Morgan fingerprint density at radius 2 is 1.90 bits per heavy atom. The van der Waals surface area contributed by atoms with Crippen LogP contribution in [0, 0.1) is 11.3 Å². The normalized spacial score (nSPS) is 14.2. The summed E-state index contributed by atoms with van der Waals surface area (Å²) in [4.78, 5) is 18.7. The zero-order chi connectivity index (χ0) is 22.1. The number of fused-ring (bicyclic) bond motifs is 1. The first kappa shape index (κ1) is 22.2. The summed E-state index contributed by atoms with van der Waals surface area (Å²) in [6.45, 7) is 6.31. The van der Waals surface area contributed by atoms with Crippen molar-refractivity contribution in [2.24, 2.45) is 0 Å². The molecule has 0 saturated carbocycles. The van der Waals surface area contributed by atoms with Crippen LogP contribution in [-0.2, 0) is 29.4 Å². The maximum absolute atomic E-state index is 13.6. The molecular weight excluding hydrogens is 411 g/mol. The number of carbonyl (C=O) groups excluding carboxylic acids is 1. The summed E-state index contributed by atoms with van der Waals surface area (Å²) in [6.07, 6.45) is -3.93. The van der Waals surface area contributed by atoms with E-state index in [1.165, 1.54) is 5.56 Å². The van der Waals surface area contributed by atoms with Gasteiger partial charge in [-0.05, 0) is 23.6 Å². The molecule has 1 amide bonds. The summed E-state index contributed by atoms with van der Waals surface area (Å²) >= 11 is 0.890. The van der Waals surface area contributed by atoms with Crippen LogP contribution in [0.3, 0.4) is 0 Å². The number of pyridine rings is 1. The maximum Gasteiger partial charge on any atom is 0.417 e. The van der Waals surface area contributed by atoms with Crippen molar-refractivity contribution in [3.8, 4) is 6.07 Å². The van der Waals surface area contributed by atoms with Crippen LogP contribution in [0.4, 0.5) is 13.2 Å². The average Bonchev–Trinajstić information content (AvgIpc) is 2.69. The number of nitrogens with zero attached hydrogens (tertiary/aromatic N) is 3. The van der Waals surface area contributed by atoms with Gasteiger partial charge in [-0.2, -0.15) is 18.4 Å². The fourth-order valence-corrected chi connectivity index (χ4v) is 4.18. The average molecular weight is 433 g/mol. The number of hydrogen-bond donors (Lipinski definition) is 0. The van der Waals surface area contributed by atoms with E-state index in [2.05, 4.69) is 4.98 Å². The molecule has 0 atom stereocenters. The second-order valence-electron chi connectivity index (χ2n) is 8.22. The van der Waals surface area contributed by atoms with E-state index in [9.17, 15) is 23.2 Å². The molecular formula is C22H22F3N3OS. The highest BCUT2D eigenvalue weighted by molar-refractivity contribution is 8.00. The monoisotopic (exact) mass is 433 g/mol. The molecule has 1 aliphatic heterocycles. The second-order valence-corrected chi connectivity index (χ2v) is 9.18. The van der Waals surface area contributed by atoms with Gasteiger partial charge in [-0.15, -0.1) is 0 Å². The zero-order valence-electron chi connectivity index (χ0n) is 17.0. The van der Waals surface area contributed by atoms with E-state index < -0.39 is 22.7 Å². The first-order chi connectivity index (χ1) is 14.0. The van der Waals surface area contributed by atoms with Gasteiger partial charge < -0.3 is 4.90 Å². The minimum Gasteiger partial charge on any atom is -0.337 e. The minimum atomic E-state index is -4.68. The van der Waals surface area contributed by atoms with Crippen molar-refractivity contribution in [2.45, 2.75) is 50.4 Å². The van der Waals surface area contributed by atoms with Crippen molar-refractivity contribution in [2.75, 3.05) is 12.3 Å². The van der Waals surface area contributed by atoms with E-state index in [-0.39, 0.29) is 22.4 Å². The number of halogens is 3. The van der Waals surface area contributed by atoms with E-state index in [0.29, 0.717) is 13.1 Å². The summed E-state index contributed by atoms with van der Waals surface area (Å²) in [7, 11) is 0. The van der Waals surface area contributed by atoms with Gasteiger partial charge >= 0.3 is 6.18 Å². The summed E-state index contributed by atoms with van der Waals surface area (Å²) in [5.74, 6) is -0.260. The van der Waals surface area contributed by atoms with Gasteiger partial charge in [0.05, 0.1) is 16.9 Å². The maximum atomic E-state index is 13.6. The SMILES string of the molecule is CC(C)(C)c1cc(C(F)(F)F)c(C#N)c(SCC(=O)N2CCc3ccccc3C2)n1. The zero-order valence-corrected chi connectivity index (χ0v) is 17.8. The van der Waals surface area contributed by atoms with Crippen molar-refractivity contribution in [3.05, 3.63) is 58.3 Å². The largest absolute Gasteiger partial charge is 0.417 e. The Labute approximate surface area is 178 Å². The van der Waals surface area contributed by atoms with E-state index >= 15 is 0 Å². The van der Waals surface area contributed by atoms with Crippen LogP contribution < -0.4 is 0 Å². The molecule has 0 radical (unpaired) electrons. The van der Waals surface area contributed by atoms with Crippen LogP contribution in [0.2, 0.25) is 0 Å². The minimum absolute atomic E-state index is 0.0528. The van der Waals surface area contributed by atoms with Gasteiger partial charge in [0, 0.05) is 24.2 Å². The molecule has 0 bridgehead atoms. The molecule has 1 aromatic carbocycles. The lowest BCUT2D eigenvalue weighted by Gasteiger charge is -2.29. The number of amides is 1. The lowest BCUT2D eigenvalue weighted by molar-refractivity contribution is -0.138. The Hall–Kier alpha value is -2.53. The molecule has 158 valence electrons.